The number of aliphatic hydroxyl groups excluding tert-OH is 1. The zero-order valence-corrected chi connectivity index (χ0v) is 15.9. The van der Waals surface area contributed by atoms with Crippen LogP contribution in [0.4, 0.5) is 10.1 Å². The van der Waals surface area contributed by atoms with E-state index in [1.165, 1.54) is 42.2 Å². The summed E-state index contributed by atoms with van der Waals surface area (Å²) in [4.78, 5) is 20.8. The van der Waals surface area contributed by atoms with Gasteiger partial charge < -0.3 is 20.9 Å². The number of anilines is 1. The van der Waals surface area contributed by atoms with Crippen molar-refractivity contribution in [2.24, 2.45) is 10.7 Å². The van der Waals surface area contributed by atoms with Gasteiger partial charge in [0.25, 0.3) is 5.91 Å². The number of carbonyl (C=O) groups excluding carboxylic acids is 1. The van der Waals surface area contributed by atoms with E-state index < -0.39 is 17.3 Å². The van der Waals surface area contributed by atoms with Crippen LogP contribution in [-0.2, 0) is 5.54 Å². The highest BCUT2D eigenvalue weighted by molar-refractivity contribution is 8.16. The number of amides is 1. The molecular weight excluding hydrogens is 383 g/mol. The van der Waals surface area contributed by atoms with Gasteiger partial charge in [0, 0.05) is 11.3 Å². The number of amidine groups is 1. The molecule has 0 unspecified atom stereocenters. The summed E-state index contributed by atoms with van der Waals surface area (Å²) in [5.41, 5.74) is 5.69. The number of nitrogens with zero attached hydrogens (tertiary/aromatic N) is 2. The van der Waals surface area contributed by atoms with Crippen LogP contribution < -0.4 is 15.8 Å². The molecule has 1 aromatic heterocycles. The molecule has 1 amide bonds. The van der Waals surface area contributed by atoms with Gasteiger partial charge in [0.2, 0.25) is 0 Å². The molecule has 0 fully saturated rings. The molecule has 28 heavy (non-hydrogen) atoms. The number of benzene rings is 1. The van der Waals surface area contributed by atoms with E-state index in [1.807, 2.05) is 0 Å². The van der Waals surface area contributed by atoms with Crippen molar-refractivity contribution in [3.05, 3.63) is 65.1 Å². The Morgan fingerprint density at radius 3 is 2.89 bits per heavy atom. The lowest BCUT2D eigenvalue weighted by Crippen LogP contribution is -2.25. The van der Waals surface area contributed by atoms with Crippen molar-refractivity contribution in [3.63, 3.8) is 0 Å². The maximum absolute atomic E-state index is 14.4. The highest BCUT2D eigenvalue weighted by atomic mass is 32.2. The Labute approximate surface area is 165 Å². The van der Waals surface area contributed by atoms with E-state index in [4.69, 9.17) is 15.6 Å². The van der Waals surface area contributed by atoms with Crippen molar-refractivity contribution in [2.75, 3.05) is 18.5 Å². The highest BCUT2D eigenvalue weighted by Gasteiger charge is 2.29. The Bertz CT molecular complexity index is 933. The molecule has 1 aliphatic rings. The first kappa shape index (κ1) is 19.8. The molecule has 0 saturated carbocycles. The number of aromatic nitrogens is 1. The molecule has 9 heteroatoms. The number of aliphatic imine (C=N–C) groups is 1. The molecule has 146 valence electrons. The summed E-state index contributed by atoms with van der Waals surface area (Å²) >= 11 is 1.26. The Balaban J connectivity index is 1.79. The van der Waals surface area contributed by atoms with Gasteiger partial charge in [-0.1, -0.05) is 11.8 Å². The summed E-state index contributed by atoms with van der Waals surface area (Å²) in [6, 6.07) is 7.35. The monoisotopic (exact) mass is 402 g/mol. The first-order valence-corrected chi connectivity index (χ1v) is 9.30. The van der Waals surface area contributed by atoms with E-state index >= 15 is 0 Å². The lowest BCUT2D eigenvalue weighted by molar-refractivity contribution is 0.102. The number of thioether (sulfide) groups is 1. The van der Waals surface area contributed by atoms with Crippen molar-refractivity contribution in [3.8, 4) is 5.75 Å². The van der Waals surface area contributed by atoms with Crippen molar-refractivity contribution in [2.45, 2.75) is 12.5 Å². The molecule has 2 heterocycles. The summed E-state index contributed by atoms with van der Waals surface area (Å²) in [6.07, 6.45) is 3.15. The predicted octanol–water partition coefficient (Wildman–Crippen LogP) is 2.63. The van der Waals surface area contributed by atoms with Crippen molar-refractivity contribution >= 4 is 28.5 Å². The minimum atomic E-state index is -0.954. The van der Waals surface area contributed by atoms with Crippen LogP contribution in [0.1, 0.15) is 23.0 Å². The second kappa shape index (κ2) is 8.41. The van der Waals surface area contributed by atoms with E-state index in [2.05, 4.69) is 15.3 Å². The van der Waals surface area contributed by atoms with Gasteiger partial charge in [-0.25, -0.2) is 14.4 Å². The number of ether oxygens (including phenoxy) is 1. The molecule has 1 aliphatic heterocycles. The number of halogens is 1. The normalized spacial score (nSPS) is 18.5. The third-order valence-electron chi connectivity index (χ3n) is 4.02. The fourth-order valence-electron chi connectivity index (χ4n) is 2.63. The number of aliphatic hydroxyl groups is 1. The number of hydrogen-bond acceptors (Lipinski definition) is 7. The molecule has 0 saturated heterocycles. The van der Waals surface area contributed by atoms with Crippen molar-refractivity contribution in [1.29, 1.82) is 0 Å². The minimum Gasteiger partial charge on any atom is -0.490 e. The standard InChI is InChI=1S/C19H19FN4O3S/c1-19(6-9-28-18(21)24-19)14-10-12(2-4-15(14)20)23-17(26)16-5-3-13(11-22-16)27-8-7-25/h2-6,9-11,25H,7-8H2,1H3,(H2,21,24)(H,23,26)/t19-/m0/s1. The molecule has 2 aromatic rings. The van der Waals surface area contributed by atoms with Gasteiger partial charge >= 0.3 is 0 Å². The number of pyridine rings is 1. The third kappa shape index (κ3) is 4.49. The molecule has 0 bridgehead atoms. The van der Waals surface area contributed by atoms with Crippen LogP contribution in [0.25, 0.3) is 0 Å². The topological polar surface area (TPSA) is 110 Å². The molecule has 0 aliphatic carbocycles. The summed E-state index contributed by atoms with van der Waals surface area (Å²) in [6.45, 7) is 1.77. The largest absolute Gasteiger partial charge is 0.490 e. The number of nitrogens with one attached hydrogen (secondary N) is 1. The van der Waals surface area contributed by atoms with Crippen molar-refractivity contribution in [1.82, 2.24) is 4.98 Å². The lowest BCUT2D eigenvalue weighted by atomic mass is 9.92. The molecule has 0 radical (unpaired) electrons. The first-order chi connectivity index (χ1) is 13.4. The second-order valence-corrected chi connectivity index (χ2v) is 7.04. The van der Waals surface area contributed by atoms with Gasteiger partial charge in [0.15, 0.2) is 5.17 Å². The summed E-state index contributed by atoms with van der Waals surface area (Å²) in [5.74, 6) is -0.453. The molecule has 4 N–H and O–H groups in total. The number of nitrogens with two attached hydrogens (primary N) is 1. The summed E-state index contributed by atoms with van der Waals surface area (Å²) in [7, 11) is 0. The molecule has 1 atom stereocenters. The average molecular weight is 402 g/mol. The second-order valence-electron chi connectivity index (χ2n) is 6.12. The van der Waals surface area contributed by atoms with Crippen LogP contribution in [0, 0.1) is 5.82 Å². The predicted molar refractivity (Wildman–Crippen MR) is 107 cm³/mol. The smallest absolute Gasteiger partial charge is 0.274 e. The van der Waals surface area contributed by atoms with Crippen LogP contribution in [-0.4, -0.2) is 34.4 Å². The van der Waals surface area contributed by atoms with Gasteiger partial charge in [-0.05, 0) is 48.7 Å². The van der Waals surface area contributed by atoms with Crippen LogP contribution in [0.15, 0.2) is 53.0 Å². The van der Waals surface area contributed by atoms with E-state index in [9.17, 15) is 9.18 Å². The van der Waals surface area contributed by atoms with E-state index in [0.29, 0.717) is 22.2 Å². The van der Waals surface area contributed by atoms with Gasteiger partial charge in [-0.15, -0.1) is 0 Å². The Morgan fingerprint density at radius 2 is 2.21 bits per heavy atom. The third-order valence-corrected chi connectivity index (χ3v) is 4.63. The first-order valence-electron chi connectivity index (χ1n) is 8.42. The van der Waals surface area contributed by atoms with Gasteiger partial charge in [0.1, 0.15) is 29.4 Å². The average Bonchev–Trinajstić information content (AvgIpc) is 2.68. The fourth-order valence-corrected chi connectivity index (χ4v) is 3.34. The summed E-state index contributed by atoms with van der Waals surface area (Å²) < 4.78 is 19.6. The lowest BCUT2D eigenvalue weighted by Gasteiger charge is -2.26. The molecule has 7 nitrogen and oxygen atoms in total. The summed E-state index contributed by atoms with van der Waals surface area (Å²) in [5, 5.41) is 13.5. The maximum atomic E-state index is 14.4. The van der Waals surface area contributed by atoms with Crippen LogP contribution >= 0.6 is 11.8 Å². The van der Waals surface area contributed by atoms with Crippen LogP contribution in [0.3, 0.4) is 0 Å². The Kier molecular flexibility index (Phi) is 5.96. The van der Waals surface area contributed by atoms with Gasteiger partial charge in [0.05, 0.1) is 12.8 Å². The SMILES string of the molecule is C[C@@]1(c2cc(NC(=O)c3ccc(OCCO)cn3)ccc2F)C=CSC(N)=N1. The Morgan fingerprint density at radius 1 is 1.39 bits per heavy atom. The highest BCUT2D eigenvalue weighted by Crippen LogP contribution is 2.35. The molecular formula is C19H19FN4O3S. The molecule has 1 aromatic carbocycles. The number of carbonyl (C=O) groups is 1. The quantitative estimate of drug-likeness (QED) is 0.685. The van der Waals surface area contributed by atoms with E-state index in [1.54, 1.807) is 24.5 Å². The maximum Gasteiger partial charge on any atom is 0.274 e. The van der Waals surface area contributed by atoms with Crippen LogP contribution in [0.5, 0.6) is 5.75 Å². The molecule has 3 rings (SSSR count). The van der Waals surface area contributed by atoms with Crippen molar-refractivity contribution < 1.29 is 19.0 Å². The zero-order valence-electron chi connectivity index (χ0n) is 15.1. The number of rotatable bonds is 6. The van der Waals surface area contributed by atoms with E-state index in [0.717, 1.165) is 0 Å². The zero-order chi connectivity index (χ0) is 20.1. The van der Waals surface area contributed by atoms with E-state index in [-0.39, 0.29) is 18.9 Å². The molecule has 0 spiro atoms. The number of hydrogen-bond donors (Lipinski definition) is 3. The van der Waals surface area contributed by atoms with Crippen LogP contribution in [0.2, 0.25) is 0 Å². The van der Waals surface area contributed by atoms with Gasteiger partial charge in [-0.3, -0.25) is 4.79 Å². The minimum absolute atomic E-state index is 0.113. The van der Waals surface area contributed by atoms with Gasteiger partial charge in [-0.2, -0.15) is 0 Å². The fraction of sp³-hybridized carbons (Fsp3) is 0.211. The Hall–Kier alpha value is -2.91.